The summed E-state index contributed by atoms with van der Waals surface area (Å²) in [7, 11) is 1.75. The Balaban J connectivity index is 2.74. The maximum absolute atomic E-state index is 5.48. The lowest BCUT2D eigenvalue weighted by atomic mass is 10.0. The van der Waals surface area contributed by atoms with Crippen LogP contribution in [0.2, 0.25) is 0 Å². The predicted molar refractivity (Wildman–Crippen MR) is 90.7 cm³/mol. The Morgan fingerprint density at radius 2 is 2.00 bits per heavy atom. The number of hydrogen-bond donors (Lipinski definition) is 1. The number of nitrogens with one attached hydrogen (secondary N) is 1. The van der Waals surface area contributed by atoms with Crippen molar-refractivity contribution in [2.24, 2.45) is 5.92 Å². The number of ether oxygens (including phenoxy) is 1. The Kier molecular flexibility index (Phi) is 8.08. The molecule has 0 aliphatic carbocycles. The summed E-state index contributed by atoms with van der Waals surface area (Å²) in [6.45, 7) is 10.0. The molecule has 0 bridgehead atoms. The first-order valence-corrected chi connectivity index (χ1v) is 8.71. The van der Waals surface area contributed by atoms with Crippen LogP contribution in [-0.4, -0.2) is 19.4 Å². The molecule has 0 aliphatic rings. The van der Waals surface area contributed by atoms with Gasteiger partial charge in [0.1, 0.15) is 5.75 Å². The van der Waals surface area contributed by atoms with Crippen molar-refractivity contribution >= 4 is 11.8 Å². The fourth-order valence-corrected chi connectivity index (χ4v) is 3.10. The molecule has 1 aromatic rings. The van der Waals surface area contributed by atoms with Crippen molar-refractivity contribution in [3.63, 3.8) is 0 Å². The van der Waals surface area contributed by atoms with Crippen LogP contribution >= 0.6 is 11.8 Å². The molecule has 1 atom stereocenters. The van der Waals surface area contributed by atoms with Gasteiger partial charge in [-0.1, -0.05) is 26.8 Å². The fraction of sp³-hybridized carbons (Fsp3) is 0.647. The summed E-state index contributed by atoms with van der Waals surface area (Å²) in [4.78, 5) is 0. The van der Waals surface area contributed by atoms with E-state index in [1.54, 1.807) is 7.11 Å². The Hall–Kier alpha value is -0.670. The molecule has 0 spiro atoms. The molecule has 1 unspecified atom stereocenters. The Morgan fingerprint density at radius 1 is 1.25 bits per heavy atom. The predicted octanol–water partition coefficient (Wildman–Crippen LogP) is 4.65. The minimum Gasteiger partial charge on any atom is -0.496 e. The molecule has 1 rings (SSSR count). The molecule has 1 aromatic carbocycles. The Bertz CT molecular complexity index is 393. The normalized spacial score (nSPS) is 12.7. The maximum Gasteiger partial charge on any atom is 0.122 e. The van der Waals surface area contributed by atoms with Crippen LogP contribution in [0.15, 0.2) is 18.2 Å². The molecule has 0 aliphatic heterocycles. The van der Waals surface area contributed by atoms with Crippen LogP contribution in [0.3, 0.4) is 0 Å². The highest BCUT2D eigenvalue weighted by atomic mass is 32.2. The number of thioether (sulfide) groups is 1. The summed E-state index contributed by atoms with van der Waals surface area (Å²) in [6, 6.07) is 6.96. The van der Waals surface area contributed by atoms with Gasteiger partial charge in [-0.25, -0.2) is 0 Å². The molecule has 0 heterocycles. The molecule has 1 N–H and O–H groups in total. The van der Waals surface area contributed by atoms with Gasteiger partial charge in [-0.15, -0.1) is 0 Å². The van der Waals surface area contributed by atoms with E-state index in [0.717, 1.165) is 30.4 Å². The zero-order valence-corrected chi connectivity index (χ0v) is 14.3. The van der Waals surface area contributed by atoms with E-state index in [-0.39, 0.29) is 0 Å². The number of methoxy groups -OCH3 is 1. The first-order valence-electron chi connectivity index (χ1n) is 7.56. The van der Waals surface area contributed by atoms with Crippen LogP contribution in [0.1, 0.15) is 51.3 Å². The van der Waals surface area contributed by atoms with E-state index in [9.17, 15) is 0 Å². The summed E-state index contributed by atoms with van der Waals surface area (Å²) >= 11 is 1.98. The summed E-state index contributed by atoms with van der Waals surface area (Å²) < 4.78 is 5.48. The molecule has 3 heteroatoms. The van der Waals surface area contributed by atoms with Gasteiger partial charge in [-0.3, -0.25) is 0 Å². The lowest BCUT2D eigenvalue weighted by molar-refractivity contribution is 0.411. The zero-order chi connectivity index (χ0) is 15.0. The molecule has 20 heavy (non-hydrogen) atoms. The third-order valence-corrected chi connectivity index (χ3v) is 4.63. The summed E-state index contributed by atoms with van der Waals surface area (Å²) in [5, 5.41) is 3.54. The second kappa shape index (κ2) is 9.30. The van der Waals surface area contributed by atoms with Crippen molar-refractivity contribution < 1.29 is 4.74 Å². The third kappa shape index (κ3) is 5.76. The first-order chi connectivity index (χ1) is 9.58. The van der Waals surface area contributed by atoms with Gasteiger partial charge in [0.2, 0.25) is 0 Å². The van der Waals surface area contributed by atoms with Crippen molar-refractivity contribution in [3.05, 3.63) is 29.3 Å². The molecule has 0 saturated carbocycles. The van der Waals surface area contributed by atoms with Gasteiger partial charge in [-0.2, -0.15) is 11.8 Å². The van der Waals surface area contributed by atoms with Crippen molar-refractivity contribution in [1.82, 2.24) is 5.32 Å². The Labute approximate surface area is 128 Å². The fourth-order valence-electron chi connectivity index (χ4n) is 2.06. The number of benzene rings is 1. The van der Waals surface area contributed by atoms with Gasteiger partial charge in [0.05, 0.1) is 7.11 Å². The van der Waals surface area contributed by atoms with E-state index in [4.69, 9.17) is 4.74 Å². The smallest absolute Gasteiger partial charge is 0.122 e. The number of rotatable bonds is 9. The maximum atomic E-state index is 5.48. The van der Waals surface area contributed by atoms with Gasteiger partial charge >= 0.3 is 0 Å². The largest absolute Gasteiger partial charge is 0.496 e. The van der Waals surface area contributed by atoms with E-state index < -0.39 is 0 Å². The monoisotopic (exact) mass is 295 g/mol. The second-order valence-corrected chi connectivity index (χ2v) is 6.69. The third-order valence-electron chi connectivity index (χ3n) is 3.21. The molecule has 0 saturated heterocycles. The molecular formula is C17H29NOS. The van der Waals surface area contributed by atoms with Crippen LogP contribution in [0.5, 0.6) is 5.75 Å². The van der Waals surface area contributed by atoms with Crippen LogP contribution in [-0.2, 0) is 5.75 Å². The molecule has 114 valence electrons. The topological polar surface area (TPSA) is 21.3 Å². The Morgan fingerprint density at radius 3 is 2.60 bits per heavy atom. The first kappa shape index (κ1) is 17.4. The van der Waals surface area contributed by atoms with Crippen molar-refractivity contribution in [1.29, 1.82) is 0 Å². The van der Waals surface area contributed by atoms with Crippen LogP contribution in [0.25, 0.3) is 0 Å². The molecule has 0 aromatic heterocycles. The van der Waals surface area contributed by atoms with Gasteiger partial charge in [0, 0.05) is 17.4 Å². The summed E-state index contributed by atoms with van der Waals surface area (Å²) in [6.07, 6.45) is 1.16. The van der Waals surface area contributed by atoms with Gasteiger partial charge in [0.15, 0.2) is 0 Å². The van der Waals surface area contributed by atoms with Crippen molar-refractivity contribution in [2.45, 2.75) is 45.9 Å². The highest BCUT2D eigenvalue weighted by Gasteiger charge is 2.09. The van der Waals surface area contributed by atoms with Gasteiger partial charge in [0.25, 0.3) is 0 Å². The van der Waals surface area contributed by atoms with Gasteiger partial charge in [-0.05, 0) is 49.3 Å². The molecule has 0 radical (unpaired) electrons. The van der Waals surface area contributed by atoms with Crippen LogP contribution in [0.4, 0.5) is 0 Å². The molecule has 0 fully saturated rings. The van der Waals surface area contributed by atoms with Crippen LogP contribution < -0.4 is 10.1 Å². The van der Waals surface area contributed by atoms with Crippen molar-refractivity contribution in [2.75, 3.05) is 19.4 Å². The minimum atomic E-state index is 0.398. The highest BCUT2D eigenvalue weighted by molar-refractivity contribution is 7.98. The van der Waals surface area contributed by atoms with E-state index in [0.29, 0.717) is 6.04 Å². The van der Waals surface area contributed by atoms with Crippen molar-refractivity contribution in [3.8, 4) is 5.75 Å². The van der Waals surface area contributed by atoms with E-state index in [1.165, 1.54) is 16.9 Å². The van der Waals surface area contributed by atoms with E-state index in [2.05, 4.69) is 51.2 Å². The standard InChI is InChI=1S/C17H29NOS/c1-6-9-18-14(4)15-7-8-17(19-5)16(10-15)12-20-11-13(2)3/h7-8,10,13-14,18H,6,9,11-12H2,1-5H3. The van der Waals surface area contributed by atoms with Gasteiger partial charge < -0.3 is 10.1 Å². The molecular weight excluding hydrogens is 266 g/mol. The quantitative estimate of drug-likeness (QED) is 0.717. The highest BCUT2D eigenvalue weighted by Crippen LogP contribution is 2.27. The molecule has 0 amide bonds. The second-order valence-electron chi connectivity index (χ2n) is 5.66. The average molecular weight is 295 g/mol. The average Bonchev–Trinajstić information content (AvgIpc) is 2.44. The minimum absolute atomic E-state index is 0.398. The van der Waals surface area contributed by atoms with E-state index in [1.807, 2.05) is 11.8 Å². The lowest BCUT2D eigenvalue weighted by Gasteiger charge is -2.17. The zero-order valence-electron chi connectivity index (χ0n) is 13.5. The van der Waals surface area contributed by atoms with E-state index >= 15 is 0 Å². The van der Waals surface area contributed by atoms with Crippen LogP contribution in [0, 0.1) is 5.92 Å². The molecule has 2 nitrogen and oxygen atoms in total. The summed E-state index contributed by atoms with van der Waals surface area (Å²) in [5.74, 6) is 3.96. The summed E-state index contributed by atoms with van der Waals surface area (Å²) in [5.41, 5.74) is 2.65. The number of hydrogen-bond acceptors (Lipinski definition) is 3. The lowest BCUT2D eigenvalue weighted by Crippen LogP contribution is -2.19. The SMILES string of the molecule is CCCNC(C)c1ccc(OC)c(CSCC(C)C)c1.